The van der Waals surface area contributed by atoms with E-state index in [2.05, 4.69) is 65.7 Å². The molecular formula is C17H24N4. The van der Waals surface area contributed by atoms with Crippen molar-refractivity contribution in [2.75, 3.05) is 18.0 Å². The van der Waals surface area contributed by atoms with Gasteiger partial charge in [-0.05, 0) is 18.9 Å². The molecular weight excluding hydrogens is 260 g/mol. The normalized spacial score (nSPS) is 22.5. The van der Waals surface area contributed by atoms with Gasteiger partial charge < -0.3 is 10.2 Å². The molecule has 112 valence electrons. The highest BCUT2D eigenvalue weighted by Gasteiger charge is 2.28. The quantitative estimate of drug-likeness (QED) is 0.937. The molecule has 1 aromatic carbocycles. The lowest BCUT2D eigenvalue weighted by Crippen LogP contribution is -2.52. The zero-order valence-electron chi connectivity index (χ0n) is 12.9. The highest BCUT2D eigenvalue weighted by Crippen LogP contribution is 2.26. The first kappa shape index (κ1) is 14.1. The maximum atomic E-state index is 4.43. The summed E-state index contributed by atoms with van der Waals surface area (Å²) in [6.07, 6.45) is 5.31. The summed E-state index contributed by atoms with van der Waals surface area (Å²) >= 11 is 0. The van der Waals surface area contributed by atoms with E-state index in [1.54, 1.807) is 0 Å². The second-order valence-corrected chi connectivity index (χ2v) is 5.64. The Balaban J connectivity index is 1.82. The molecule has 2 heterocycles. The van der Waals surface area contributed by atoms with Gasteiger partial charge in [-0.2, -0.15) is 5.10 Å². The molecule has 0 spiro atoms. The minimum atomic E-state index is 0.388. The highest BCUT2D eigenvalue weighted by molar-refractivity contribution is 5.45. The van der Waals surface area contributed by atoms with Crippen LogP contribution >= 0.6 is 0 Å². The third-order valence-corrected chi connectivity index (χ3v) is 4.37. The molecule has 1 fully saturated rings. The molecule has 21 heavy (non-hydrogen) atoms. The van der Waals surface area contributed by atoms with Gasteiger partial charge in [-0.1, -0.05) is 37.3 Å². The first-order valence-electron chi connectivity index (χ1n) is 7.89. The predicted molar refractivity (Wildman–Crippen MR) is 86.5 cm³/mol. The average molecular weight is 284 g/mol. The molecule has 4 nitrogen and oxygen atoms in total. The van der Waals surface area contributed by atoms with E-state index in [1.807, 2.05) is 10.9 Å². The Bertz CT molecular complexity index is 563. The summed E-state index contributed by atoms with van der Waals surface area (Å²) in [6.45, 7) is 7.32. The summed E-state index contributed by atoms with van der Waals surface area (Å²) < 4.78 is 2.00. The van der Waals surface area contributed by atoms with E-state index < -0.39 is 0 Å². The summed E-state index contributed by atoms with van der Waals surface area (Å²) in [5.74, 6) is 0. The van der Waals surface area contributed by atoms with Crippen LogP contribution in [-0.4, -0.2) is 28.9 Å². The van der Waals surface area contributed by atoms with E-state index in [4.69, 9.17) is 0 Å². The van der Waals surface area contributed by atoms with Crippen LogP contribution < -0.4 is 10.2 Å². The van der Waals surface area contributed by atoms with E-state index in [9.17, 15) is 0 Å². The molecule has 2 atom stereocenters. The number of aryl methyl sites for hydroxylation is 1. The lowest BCUT2D eigenvalue weighted by molar-refractivity contribution is 0.393. The van der Waals surface area contributed by atoms with Crippen molar-refractivity contribution in [1.29, 1.82) is 0 Å². The van der Waals surface area contributed by atoms with Crippen molar-refractivity contribution in [3.05, 3.63) is 48.3 Å². The number of hydrogen-bond acceptors (Lipinski definition) is 3. The second kappa shape index (κ2) is 6.31. The van der Waals surface area contributed by atoms with Crippen molar-refractivity contribution in [1.82, 2.24) is 15.1 Å². The van der Waals surface area contributed by atoms with Crippen LogP contribution in [0.15, 0.2) is 42.7 Å². The molecule has 3 rings (SSSR count). The van der Waals surface area contributed by atoms with Crippen LogP contribution in [0.4, 0.5) is 5.69 Å². The molecule has 0 bridgehead atoms. The fourth-order valence-corrected chi connectivity index (χ4v) is 3.06. The largest absolute Gasteiger partial charge is 0.363 e. The van der Waals surface area contributed by atoms with Crippen molar-refractivity contribution in [3.8, 4) is 0 Å². The van der Waals surface area contributed by atoms with Gasteiger partial charge in [0.05, 0.1) is 11.9 Å². The Hall–Kier alpha value is -1.81. The minimum absolute atomic E-state index is 0.388. The molecule has 0 saturated carbocycles. The van der Waals surface area contributed by atoms with Crippen molar-refractivity contribution in [2.45, 2.75) is 38.9 Å². The molecule has 4 heteroatoms. The second-order valence-electron chi connectivity index (χ2n) is 5.64. The zero-order chi connectivity index (χ0) is 14.7. The van der Waals surface area contributed by atoms with Crippen LogP contribution in [0.5, 0.6) is 0 Å². The van der Waals surface area contributed by atoms with E-state index in [-0.39, 0.29) is 0 Å². The van der Waals surface area contributed by atoms with Crippen molar-refractivity contribution in [3.63, 3.8) is 0 Å². The number of anilines is 1. The van der Waals surface area contributed by atoms with Crippen molar-refractivity contribution >= 4 is 5.69 Å². The summed E-state index contributed by atoms with van der Waals surface area (Å²) in [7, 11) is 0. The number of piperazine rings is 1. The van der Waals surface area contributed by atoms with Crippen LogP contribution in [0.1, 0.15) is 31.9 Å². The smallest absolute Gasteiger partial charge is 0.0756 e. The Morgan fingerprint density at radius 1 is 1.24 bits per heavy atom. The lowest BCUT2D eigenvalue weighted by atomic mass is 10.0. The molecule has 0 amide bonds. The van der Waals surface area contributed by atoms with Gasteiger partial charge in [0.1, 0.15) is 0 Å². The van der Waals surface area contributed by atoms with Gasteiger partial charge in [-0.25, -0.2) is 0 Å². The van der Waals surface area contributed by atoms with E-state index in [0.717, 1.165) is 26.1 Å². The molecule has 1 aliphatic heterocycles. The van der Waals surface area contributed by atoms with Gasteiger partial charge in [0.15, 0.2) is 0 Å². The summed E-state index contributed by atoms with van der Waals surface area (Å²) in [5, 5.41) is 8.12. The molecule has 0 aliphatic carbocycles. The van der Waals surface area contributed by atoms with Gasteiger partial charge in [-0.15, -0.1) is 0 Å². The Morgan fingerprint density at radius 2 is 2.05 bits per heavy atom. The summed E-state index contributed by atoms with van der Waals surface area (Å²) in [5.41, 5.74) is 2.60. The molecule has 1 aromatic heterocycles. The van der Waals surface area contributed by atoms with Gasteiger partial charge in [0, 0.05) is 37.9 Å². The summed E-state index contributed by atoms with van der Waals surface area (Å²) in [6, 6.07) is 11.6. The minimum Gasteiger partial charge on any atom is -0.363 e. The van der Waals surface area contributed by atoms with Crippen LogP contribution in [0, 0.1) is 0 Å². The average Bonchev–Trinajstić information content (AvgIpc) is 3.04. The fourth-order valence-electron chi connectivity index (χ4n) is 3.06. The Labute approximate surface area is 126 Å². The molecule has 1 aliphatic rings. The van der Waals surface area contributed by atoms with Gasteiger partial charge in [0.25, 0.3) is 0 Å². The van der Waals surface area contributed by atoms with Crippen molar-refractivity contribution in [2.24, 2.45) is 0 Å². The number of aromatic nitrogens is 2. The van der Waals surface area contributed by atoms with E-state index in [0.29, 0.717) is 12.1 Å². The van der Waals surface area contributed by atoms with Crippen LogP contribution in [-0.2, 0) is 6.54 Å². The SMILES string of the molecule is CCC1CNC(c2ccccc2)CN1c1cnn(CC)c1. The van der Waals surface area contributed by atoms with Crippen LogP contribution in [0.3, 0.4) is 0 Å². The molecule has 2 aromatic rings. The maximum Gasteiger partial charge on any atom is 0.0756 e. The first-order valence-corrected chi connectivity index (χ1v) is 7.89. The van der Waals surface area contributed by atoms with Gasteiger partial charge in [-0.3, -0.25) is 4.68 Å². The predicted octanol–water partition coefficient (Wildman–Crippen LogP) is 2.83. The van der Waals surface area contributed by atoms with E-state index in [1.165, 1.54) is 11.3 Å². The molecule has 1 N–H and O–H groups in total. The number of nitrogens with zero attached hydrogens (tertiary/aromatic N) is 3. The van der Waals surface area contributed by atoms with Crippen LogP contribution in [0.25, 0.3) is 0 Å². The monoisotopic (exact) mass is 284 g/mol. The van der Waals surface area contributed by atoms with Crippen molar-refractivity contribution < 1.29 is 0 Å². The lowest BCUT2D eigenvalue weighted by Gasteiger charge is -2.41. The standard InChI is InChI=1S/C17H24N4/c1-3-15-10-18-17(14-8-6-5-7-9-14)13-21(15)16-11-19-20(4-2)12-16/h5-9,11-12,15,17-18H,3-4,10,13H2,1-2H3. The number of benzene rings is 1. The van der Waals surface area contributed by atoms with Gasteiger partial charge in [0.2, 0.25) is 0 Å². The Kier molecular flexibility index (Phi) is 4.25. The highest BCUT2D eigenvalue weighted by atomic mass is 15.3. The number of rotatable bonds is 4. The first-order chi connectivity index (χ1) is 10.3. The number of hydrogen-bond donors (Lipinski definition) is 1. The fraction of sp³-hybridized carbons (Fsp3) is 0.471. The zero-order valence-corrected chi connectivity index (χ0v) is 12.9. The molecule has 2 unspecified atom stereocenters. The Morgan fingerprint density at radius 3 is 2.71 bits per heavy atom. The third-order valence-electron chi connectivity index (χ3n) is 4.37. The summed E-state index contributed by atoms with van der Waals surface area (Å²) in [4.78, 5) is 2.51. The number of nitrogens with one attached hydrogen (secondary N) is 1. The third kappa shape index (κ3) is 2.95. The molecule has 1 saturated heterocycles. The van der Waals surface area contributed by atoms with Crippen LogP contribution in [0.2, 0.25) is 0 Å². The van der Waals surface area contributed by atoms with E-state index >= 15 is 0 Å². The topological polar surface area (TPSA) is 33.1 Å². The molecule has 0 radical (unpaired) electrons. The maximum absolute atomic E-state index is 4.43. The van der Waals surface area contributed by atoms with Gasteiger partial charge >= 0.3 is 0 Å².